The van der Waals surface area contributed by atoms with Gasteiger partial charge in [-0.25, -0.2) is 0 Å². The molecule has 20 heavy (non-hydrogen) atoms. The van der Waals surface area contributed by atoms with Crippen molar-refractivity contribution in [1.29, 1.82) is 0 Å². The molecule has 0 radical (unpaired) electrons. The van der Waals surface area contributed by atoms with Crippen LogP contribution in [0.1, 0.15) is 17.0 Å². The quantitative estimate of drug-likeness (QED) is 0.916. The number of carboxylic acids is 1. The largest absolute Gasteiger partial charge is 0.481 e. The first-order chi connectivity index (χ1) is 9.54. The molecule has 4 heteroatoms. The lowest BCUT2D eigenvalue weighted by molar-refractivity contribution is -0.141. The van der Waals surface area contributed by atoms with Gasteiger partial charge in [-0.3, -0.25) is 9.78 Å². The van der Waals surface area contributed by atoms with E-state index in [2.05, 4.69) is 4.98 Å². The van der Waals surface area contributed by atoms with Gasteiger partial charge in [0.1, 0.15) is 0 Å². The summed E-state index contributed by atoms with van der Waals surface area (Å²) in [6.45, 7) is 1.90. The number of aliphatic carboxylic acids is 1. The van der Waals surface area contributed by atoms with Crippen LogP contribution in [0.5, 0.6) is 0 Å². The molecule has 104 valence electrons. The molecule has 1 unspecified atom stereocenters. The zero-order valence-corrected chi connectivity index (χ0v) is 12.0. The van der Waals surface area contributed by atoms with Crippen molar-refractivity contribution in [2.75, 3.05) is 0 Å². The number of nitrogens with zero attached hydrogens (tertiary/aromatic N) is 1. The van der Waals surface area contributed by atoms with Gasteiger partial charge in [-0.1, -0.05) is 29.8 Å². The van der Waals surface area contributed by atoms with Gasteiger partial charge >= 0.3 is 5.97 Å². The first kappa shape index (κ1) is 14.5. The molecular weight excluding hydrogens is 274 g/mol. The Hall–Kier alpha value is -1.87. The summed E-state index contributed by atoms with van der Waals surface area (Å²) in [6, 6.07) is 13.0. The van der Waals surface area contributed by atoms with Crippen LogP contribution in [0.2, 0.25) is 5.02 Å². The molecule has 0 spiro atoms. The number of benzene rings is 1. The predicted molar refractivity (Wildman–Crippen MR) is 79.0 cm³/mol. The molecule has 0 aliphatic rings. The highest BCUT2D eigenvalue weighted by atomic mass is 35.5. The summed E-state index contributed by atoms with van der Waals surface area (Å²) >= 11 is 5.83. The van der Waals surface area contributed by atoms with Crippen molar-refractivity contribution in [3.05, 3.63) is 64.4 Å². The van der Waals surface area contributed by atoms with E-state index in [-0.39, 0.29) is 0 Å². The average molecular weight is 290 g/mol. The third kappa shape index (κ3) is 4.07. The number of aryl methyl sites for hydroxylation is 1. The fraction of sp³-hybridized carbons (Fsp3) is 0.250. The van der Waals surface area contributed by atoms with Crippen molar-refractivity contribution in [2.24, 2.45) is 5.92 Å². The Kier molecular flexibility index (Phi) is 4.74. The van der Waals surface area contributed by atoms with E-state index < -0.39 is 11.9 Å². The van der Waals surface area contributed by atoms with Crippen LogP contribution in [0.3, 0.4) is 0 Å². The molecule has 0 fully saturated rings. The Morgan fingerprint density at radius 2 is 1.90 bits per heavy atom. The standard InChI is InChI=1S/C16H16ClNO2/c1-11-3-2-4-15(18-11)10-13(16(19)20)9-12-5-7-14(17)8-6-12/h2-8,13H,9-10H2,1H3,(H,19,20). The molecule has 2 aromatic rings. The zero-order valence-electron chi connectivity index (χ0n) is 11.2. The molecule has 1 aromatic heterocycles. The molecule has 1 atom stereocenters. The maximum Gasteiger partial charge on any atom is 0.307 e. The van der Waals surface area contributed by atoms with E-state index in [9.17, 15) is 9.90 Å². The lowest BCUT2D eigenvalue weighted by Gasteiger charge is -2.12. The van der Waals surface area contributed by atoms with Gasteiger partial charge in [0.05, 0.1) is 5.92 Å². The van der Waals surface area contributed by atoms with Crippen molar-refractivity contribution in [3.8, 4) is 0 Å². The molecule has 0 aliphatic carbocycles. The van der Waals surface area contributed by atoms with E-state index in [1.807, 2.05) is 37.3 Å². The highest BCUT2D eigenvalue weighted by molar-refractivity contribution is 6.30. The van der Waals surface area contributed by atoms with Crippen molar-refractivity contribution in [1.82, 2.24) is 4.98 Å². The fourth-order valence-corrected chi connectivity index (χ4v) is 2.24. The summed E-state index contributed by atoms with van der Waals surface area (Å²) in [6.07, 6.45) is 0.905. The average Bonchev–Trinajstić information content (AvgIpc) is 2.40. The van der Waals surface area contributed by atoms with Crippen LogP contribution >= 0.6 is 11.6 Å². The number of pyridine rings is 1. The Morgan fingerprint density at radius 3 is 2.50 bits per heavy atom. The molecule has 3 nitrogen and oxygen atoms in total. The molecule has 0 bridgehead atoms. The minimum absolute atomic E-state index is 0.430. The Balaban J connectivity index is 2.11. The summed E-state index contributed by atoms with van der Waals surface area (Å²) in [7, 11) is 0. The molecule has 2 rings (SSSR count). The van der Waals surface area contributed by atoms with Gasteiger partial charge in [-0.05, 0) is 43.2 Å². The number of halogens is 1. The molecule has 1 aromatic carbocycles. The Morgan fingerprint density at radius 1 is 1.20 bits per heavy atom. The summed E-state index contributed by atoms with van der Waals surface area (Å²) in [4.78, 5) is 15.8. The smallest absolute Gasteiger partial charge is 0.307 e. The predicted octanol–water partition coefficient (Wildman–Crippen LogP) is 3.53. The molecule has 0 aliphatic heterocycles. The van der Waals surface area contributed by atoms with Crippen LogP contribution in [0, 0.1) is 12.8 Å². The van der Waals surface area contributed by atoms with Gasteiger partial charge in [0.15, 0.2) is 0 Å². The van der Waals surface area contributed by atoms with Crippen molar-refractivity contribution in [3.63, 3.8) is 0 Å². The van der Waals surface area contributed by atoms with Crippen LogP contribution in [-0.2, 0) is 17.6 Å². The van der Waals surface area contributed by atoms with E-state index >= 15 is 0 Å². The monoisotopic (exact) mass is 289 g/mol. The van der Waals surface area contributed by atoms with Crippen molar-refractivity contribution in [2.45, 2.75) is 19.8 Å². The maximum absolute atomic E-state index is 11.4. The Bertz CT molecular complexity index is 596. The first-order valence-corrected chi connectivity index (χ1v) is 6.82. The number of aromatic nitrogens is 1. The maximum atomic E-state index is 11.4. The van der Waals surface area contributed by atoms with E-state index in [0.717, 1.165) is 17.0 Å². The van der Waals surface area contributed by atoms with Crippen LogP contribution in [0.15, 0.2) is 42.5 Å². The van der Waals surface area contributed by atoms with Gasteiger partial charge in [-0.15, -0.1) is 0 Å². The second-order valence-corrected chi connectivity index (χ2v) is 5.28. The van der Waals surface area contributed by atoms with E-state index in [1.165, 1.54) is 0 Å². The summed E-state index contributed by atoms with van der Waals surface area (Å²) in [5.74, 6) is -1.28. The second kappa shape index (κ2) is 6.53. The highest BCUT2D eigenvalue weighted by Gasteiger charge is 2.19. The van der Waals surface area contributed by atoms with Crippen molar-refractivity contribution >= 4 is 17.6 Å². The summed E-state index contributed by atoms with van der Waals surface area (Å²) in [5.41, 5.74) is 2.68. The third-order valence-corrected chi connectivity index (χ3v) is 3.40. The fourth-order valence-electron chi connectivity index (χ4n) is 2.12. The van der Waals surface area contributed by atoms with Gasteiger partial charge in [0.2, 0.25) is 0 Å². The van der Waals surface area contributed by atoms with E-state index in [4.69, 9.17) is 11.6 Å². The van der Waals surface area contributed by atoms with Crippen LogP contribution < -0.4 is 0 Å². The molecule has 0 amide bonds. The van der Waals surface area contributed by atoms with Gasteiger partial charge in [0.25, 0.3) is 0 Å². The highest BCUT2D eigenvalue weighted by Crippen LogP contribution is 2.17. The molecular formula is C16H16ClNO2. The number of rotatable bonds is 5. The van der Waals surface area contributed by atoms with Gasteiger partial charge in [0, 0.05) is 22.8 Å². The van der Waals surface area contributed by atoms with Crippen LogP contribution in [0.25, 0.3) is 0 Å². The first-order valence-electron chi connectivity index (χ1n) is 6.44. The lowest BCUT2D eigenvalue weighted by atomic mass is 9.94. The number of carboxylic acid groups (broad SMARTS) is 1. The number of carbonyl (C=O) groups is 1. The second-order valence-electron chi connectivity index (χ2n) is 4.84. The molecule has 1 N–H and O–H groups in total. The van der Waals surface area contributed by atoms with Crippen LogP contribution in [-0.4, -0.2) is 16.1 Å². The minimum atomic E-state index is -0.803. The summed E-state index contributed by atoms with van der Waals surface area (Å²) in [5, 5.41) is 10.0. The zero-order chi connectivity index (χ0) is 14.5. The minimum Gasteiger partial charge on any atom is -0.481 e. The summed E-state index contributed by atoms with van der Waals surface area (Å²) < 4.78 is 0. The molecule has 1 heterocycles. The molecule has 0 saturated carbocycles. The van der Waals surface area contributed by atoms with Gasteiger partial charge < -0.3 is 5.11 Å². The third-order valence-electron chi connectivity index (χ3n) is 3.15. The SMILES string of the molecule is Cc1cccc(CC(Cc2ccc(Cl)cc2)C(=O)O)n1. The van der Waals surface area contributed by atoms with E-state index in [1.54, 1.807) is 12.1 Å². The normalized spacial score (nSPS) is 12.1. The van der Waals surface area contributed by atoms with Crippen molar-refractivity contribution < 1.29 is 9.90 Å². The topological polar surface area (TPSA) is 50.2 Å². The van der Waals surface area contributed by atoms with Gasteiger partial charge in [-0.2, -0.15) is 0 Å². The van der Waals surface area contributed by atoms with E-state index in [0.29, 0.717) is 17.9 Å². The number of hydrogen-bond acceptors (Lipinski definition) is 2. The lowest BCUT2D eigenvalue weighted by Crippen LogP contribution is -2.19. The van der Waals surface area contributed by atoms with Crippen LogP contribution in [0.4, 0.5) is 0 Å². The molecule has 0 saturated heterocycles. The Labute approximate surface area is 123 Å². The number of hydrogen-bond donors (Lipinski definition) is 1.